The van der Waals surface area contributed by atoms with Crippen LogP contribution in [-0.2, 0) is 16.6 Å². The van der Waals surface area contributed by atoms with Gasteiger partial charge in [0.25, 0.3) is 0 Å². The first-order chi connectivity index (χ1) is 10.8. The molecule has 0 aliphatic rings. The highest BCUT2D eigenvalue weighted by Gasteiger charge is 2.25. The van der Waals surface area contributed by atoms with E-state index in [2.05, 4.69) is 5.10 Å². The second-order valence-electron chi connectivity index (χ2n) is 5.18. The third-order valence-corrected chi connectivity index (χ3v) is 6.25. The van der Waals surface area contributed by atoms with Gasteiger partial charge in [-0.2, -0.15) is 23.1 Å². The predicted octanol–water partition coefficient (Wildman–Crippen LogP) is 2.43. The average molecular weight is 350 g/mol. The molecule has 0 spiro atoms. The minimum absolute atomic E-state index is 0.240. The molecule has 0 fully saturated rings. The molecule has 8 heteroatoms. The number of hydrogen-bond acceptors (Lipinski definition) is 5. The second-order valence-corrected chi connectivity index (χ2v) is 8.18. The summed E-state index contributed by atoms with van der Waals surface area (Å²) >= 11 is 1.25. The molecule has 122 valence electrons. The fourth-order valence-electron chi connectivity index (χ4n) is 1.96. The molecule has 1 aromatic heterocycles. The van der Waals surface area contributed by atoms with Crippen LogP contribution in [0.3, 0.4) is 0 Å². The highest BCUT2D eigenvalue weighted by Crippen LogP contribution is 2.34. The van der Waals surface area contributed by atoms with E-state index in [4.69, 9.17) is 0 Å². The molecular weight excluding hydrogens is 332 g/mol. The molecule has 1 heterocycles. The monoisotopic (exact) mass is 350 g/mol. The zero-order valence-corrected chi connectivity index (χ0v) is 15.1. The lowest BCUT2D eigenvalue weighted by Crippen LogP contribution is -2.30. The van der Waals surface area contributed by atoms with Crippen molar-refractivity contribution in [2.45, 2.75) is 30.2 Å². The lowest BCUT2D eigenvalue weighted by atomic mass is 10.1. The Morgan fingerprint density at radius 2 is 2.09 bits per heavy atom. The Hall–Kier alpha value is -1.82. The number of aryl methyl sites for hydroxylation is 2. The summed E-state index contributed by atoms with van der Waals surface area (Å²) in [5.74, 6) is 0. The summed E-state index contributed by atoms with van der Waals surface area (Å²) in [6.07, 6.45) is 2.10. The lowest BCUT2D eigenvalue weighted by Gasteiger charge is -2.14. The summed E-state index contributed by atoms with van der Waals surface area (Å²) in [5.41, 5.74) is 2.41. The van der Waals surface area contributed by atoms with E-state index in [0.29, 0.717) is 5.03 Å². The van der Waals surface area contributed by atoms with E-state index < -0.39 is 10.2 Å². The highest BCUT2D eigenvalue weighted by molar-refractivity contribution is 8.00. The van der Waals surface area contributed by atoms with Crippen molar-refractivity contribution >= 4 is 22.0 Å². The van der Waals surface area contributed by atoms with Gasteiger partial charge in [-0.05, 0) is 30.5 Å². The van der Waals surface area contributed by atoms with Crippen LogP contribution >= 0.6 is 11.8 Å². The molecule has 0 saturated carbocycles. The molecule has 0 atom stereocenters. The van der Waals surface area contributed by atoms with E-state index in [9.17, 15) is 13.7 Å². The van der Waals surface area contributed by atoms with E-state index >= 15 is 0 Å². The molecule has 0 aliphatic heterocycles. The van der Waals surface area contributed by atoms with Crippen LogP contribution in [0.15, 0.2) is 34.3 Å². The van der Waals surface area contributed by atoms with Gasteiger partial charge in [0, 0.05) is 19.0 Å². The topological polar surface area (TPSA) is 79.0 Å². The van der Waals surface area contributed by atoms with E-state index in [0.717, 1.165) is 30.8 Å². The molecule has 0 saturated heterocycles. The Morgan fingerprint density at radius 3 is 2.65 bits per heavy atom. The predicted molar refractivity (Wildman–Crippen MR) is 89.6 cm³/mol. The maximum absolute atomic E-state index is 12.4. The third kappa shape index (κ3) is 3.42. The summed E-state index contributed by atoms with van der Waals surface area (Å²) in [6.45, 7) is 4.01. The third-order valence-electron chi connectivity index (χ3n) is 3.31. The molecule has 0 amide bonds. The fraction of sp³-hybridized carbons (Fsp3) is 0.333. The molecule has 23 heavy (non-hydrogen) atoms. The van der Waals surface area contributed by atoms with Crippen LogP contribution in [0.4, 0.5) is 0 Å². The molecule has 2 rings (SSSR count). The van der Waals surface area contributed by atoms with Gasteiger partial charge in [0.15, 0.2) is 0 Å². The summed E-state index contributed by atoms with van der Waals surface area (Å²) in [7, 11) is -0.915. The van der Waals surface area contributed by atoms with E-state index in [1.54, 1.807) is 0 Å². The normalized spacial score (nSPS) is 11.7. The van der Waals surface area contributed by atoms with Gasteiger partial charge >= 0.3 is 10.2 Å². The number of nitriles is 1. The molecular formula is C15H18N4O2S2. The number of aromatic nitrogens is 2. The van der Waals surface area contributed by atoms with Gasteiger partial charge < -0.3 is 0 Å². The summed E-state index contributed by atoms with van der Waals surface area (Å²) < 4.78 is 26.8. The standard InChI is InChI=1S/C15H18N4O2S2/c1-5-12-7-6-11(2)8-14(12)22-15-13(9-16)10-17-19(15)23(20,21)18(3)4/h6-8,10H,5H2,1-4H3. The molecule has 2 aromatic rings. The maximum Gasteiger partial charge on any atom is 0.323 e. The Bertz CT molecular complexity index is 864. The minimum atomic E-state index is -3.78. The smallest absolute Gasteiger partial charge is 0.192 e. The summed E-state index contributed by atoms with van der Waals surface area (Å²) in [4.78, 5) is 0.930. The molecule has 0 bridgehead atoms. The minimum Gasteiger partial charge on any atom is -0.192 e. The fourth-order valence-corrected chi connectivity index (χ4v) is 4.27. The van der Waals surface area contributed by atoms with Gasteiger partial charge in [-0.15, -0.1) is 4.09 Å². The van der Waals surface area contributed by atoms with Gasteiger partial charge in [-0.25, -0.2) is 0 Å². The van der Waals surface area contributed by atoms with Gasteiger partial charge in [0.05, 0.1) is 6.20 Å². The van der Waals surface area contributed by atoms with Gasteiger partial charge in [0.1, 0.15) is 16.7 Å². The number of rotatable bonds is 5. The molecule has 0 N–H and O–H groups in total. The number of benzene rings is 1. The Labute approximate surface area is 140 Å². The van der Waals surface area contributed by atoms with Crippen molar-refractivity contribution < 1.29 is 8.42 Å². The molecule has 0 radical (unpaired) electrons. The second kappa shape index (κ2) is 6.74. The largest absolute Gasteiger partial charge is 0.323 e. The van der Waals surface area contributed by atoms with Crippen LogP contribution in [0.5, 0.6) is 0 Å². The lowest BCUT2D eigenvalue weighted by molar-refractivity contribution is 0.498. The first-order valence-corrected chi connectivity index (χ1v) is 9.21. The Balaban J connectivity index is 2.59. The van der Waals surface area contributed by atoms with Crippen LogP contribution in [0, 0.1) is 18.3 Å². The molecule has 1 aromatic carbocycles. The zero-order chi connectivity index (χ0) is 17.2. The summed E-state index contributed by atoms with van der Waals surface area (Å²) in [6, 6.07) is 8.04. The van der Waals surface area contributed by atoms with Crippen molar-refractivity contribution in [1.29, 1.82) is 5.26 Å². The molecule has 6 nitrogen and oxygen atoms in total. The van der Waals surface area contributed by atoms with Crippen LogP contribution in [-0.4, -0.2) is 36.0 Å². The van der Waals surface area contributed by atoms with Gasteiger partial charge in [0.2, 0.25) is 0 Å². The van der Waals surface area contributed by atoms with Crippen LogP contribution in [0.2, 0.25) is 0 Å². The quantitative estimate of drug-likeness (QED) is 0.827. The van der Waals surface area contributed by atoms with Crippen LogP contribution in [0.1, 0.15) is 23.6 Å². The van der Waals surface area contributed by atoms with Crippen molar-refractivity contribution in [1.82, 2.24) is 13.5 Å². The van der Waals surface area contributed by atoms with Crippen molar-refractivity contribution in [3.8, 4) is 6.07 Å². The van der Waals surface area contributed by atoms with E-state index in [-0.39, 0.29) is 5.56 Å². The first-order valence-electron chi connectivity index (χ1n) is 6.99. The van der Waals surface area contributed by atoms with Crippen LogP contribution in [0.25, 0.3) is 0 Å². The highest BCUT2D eigenvalue weighted by atomic mass is 32.2. The Kier molecular flexibility index (Phi) is 5.14. The zero-order valence-electron chi connectivity index (χ0n) is 13.4. The van der Waals surface area contributed by atoms with Gasteiger partial charge in [-0.3, -0.25) is 0 Å². The van der Waals surface area contributed by atoms with E-state index in [1.165, 1.54) is 32.1 Å². The average Bonchev–Trinajstić information content (AvgIpc) is 2.90. The molecule has 0 aliphatic carbocycles. The van der Waals surface area contributed by atoms with Crippen LogP contribution < -0.4 is 0 Å². The number of nitrogens with zero attached hydrogens (tertiary/aromatic N) is 4. The molecule has 0 unspecified atom stereocenters. The van der Waals surface area contributed by atoms with Crippen molar-refractivity contribution in [2.75, 3.05) is 14.1 Å². The van der Waals surface area contributed by atoms with E-state index in [1.807, 2.05) is 38.1 Å². The maximum atomic E-state index is 12.4. The van der Waals surface area contributed by atoms with Gasteiger partial charge in [-0.1, -0.05) is 30.8 Å². The summed E-state index contributed by atoms with van der Waals surface area (Å²) in [5, 5.41) is 13.5. The SMILES string of the molecule is CCc1ccc(C)cc1Sc1c(C#N)cnn1S(=O)(=O)N(C)C. The number of hydrogen-bond donors (Lipinski definition) is 0. The first kappa shape index (κ1) is 17.5. The van der Waals surface area contributed by atoms with Crippen molar-refractivity contribution in [3.05, 3.63) is 41.1 Å². The van der Waals surface area contributed by atoms with Crippen molar-refractivity contribution in [2.24, 2.45) is 0 Å². The van der Waals surface area contributed by atoms with Crippen molar-refractivity contribution in [3.63, 3.8) is 0 Å². The Morgan fingerprint density at radius 1 is 1.39 bits per heavy atom.